The molecule has 1 heterocycles. The van der Waals surface area contributed by atoms with E-state index in [1.807, 2.05) is 11.8 Å². The number of hydrogen-bond donors (Lipinski definition) is 1. The Balaban J connectivity index is 2.47. The van der Waals surface area contributed by atoms with E-state index in [-0.39, 0.29) is 0 Å². The average molecular weight is 276 g/mol. The van der Waals surface area contributed by atoms with Crippen LogP contribution in [0.25, 0.3) is 0 Å². The van der Waals surface area contributed by atoms with Gasteiger partial charge in [0.1, 0.15) is 12.1 Å². The molecule has 1 N–H and O–H groups in total. The Hall–Kier alpha value is -0.290. The molecule has 1 aromatic heterocycles. The first-order chi connectivity index (χ1) is 6.74. The summed E-state index contributed by atoms with van der Waals surface area (Å²) in [6, 6.07) is 0.422. The highest BCUT2D eigenvalue weighted by molar-refractivity contribution is 9.10. The smallest absolute Gasteiger partial charge is 0.143 e. The predicted molar refractivity (Wildman–Crippen MR) is 65.8 cm³/mol. The topological polar surface area (TPSA) is 37.8 Å². The average Bonchev–Trinajstić information content (AvgIpc) is 2.18. The maximum Gasteiger partial charge on any atom is 0.143 e. The summed E-state index contributed by atoms with van der Waals surface area (Å²) < 4.78 is 0.911. The molecule has 1 unspecified atom stereocenters. The number of nitrogens with zero attached hydrogens (tertiary/aromatic N) is 2. The molecule has 3 nitrogen and oxygen atoms in total. The van der Waals surface area contributed by atoms with E-state index in [1.165, 1.54) is 0 Å². The van der Waals surface area contributed by atoms with Crippen LogP contribution in [0.1, 0.15) is 13.8 Å². The van der Waals surface area contributed by atoms with Crippen LogP contribution in [-0.4, -0.2) is 27.5 Å². The lowest BCUT2D eigenvalue weighted by atomic mass is 10.4. The minimum Gasteiger partial charge on any atom is -0.366 e. The SMILES string of the molecule is CCSCC(C)Nc1ncncc1Br. The molecule has 1 rings (SSSR count). The van der Waals surface area contributed by atoms with Crippen molar-refractivity contribution >= 4 is 33.5 Å². The van der Waals surface area contributed by atoms with Gasteiger partial charge >= 0.3 is 0 Å². The molecule has 0 aliphatic rings. The van der Waals surface area contributed by atoms with E-state index >= 15 is 0 Å². The number of aromatic nitrogens is 2. The number of rotatable bonds is 5. The first kappa shape index (κ1) is 11.8. The highest BCUT2D eigenvalue weighted by atomic mass is 79.9. The van der Waals surface area contributed by atoms with Crippen LogP contribution in [0.5, 0.6) is 0 Å². The monoisotopic (exact) mass is 275 g/mol. The van der Waals surface area contributed by atoms with Crippen molar-refractivity contribution in [1.29, 1.82) is 0 Å². The lowest BCUT2D eigenvalue weighted by Crippen LogP contribution is -2.19. The fraction of sp³-hybridized carbons (Fsp3) is 0.556. The highest BCUT2D eigenvalue weighted by Crippen LogP contribution is 2.18. The van der Waals surface area contributed by atoms with Crippen molar-refractivity contribution in [3.05, 3.63) is 17.0 Å². The van der Waals surface area contributed by atoms with Gasteiger partial charge in [-0.25, -0.2) is 9.97 Å². The molecule has 0 saturated heterocycles. The molecular weight excluding hydrogens is 262 g/mol. The summed E-state index contributed by atoms with van der Waals surface area (Å²) in [6.45, 7) is 4.31. The summed E-state index contributed by atoms with van der Waals surface area (Å²) >= 11 is 5.32. The largest absolute Gasteiger partial charge is 0.366 e. The fourth-order valence-electron chi connectivity index (χ4n) is 0.989. The van der Waals surface area contributed by atoms with Crippen molar-refractivity contribution in [1.82, 2.24) is 9.97 Å². The summed E-state index contributed by atoms with van der Waals surface area (Å²) in [5.41, 5.74) is 0. The van der Waals surface area contributed by atoms with Gasteiger partial charge in [-0.15, -0.1) is 0 Å². The fourth-order valence-corrected chi connectivity index (χ4v) is 2.00. The zero-order valence-electron chi connectivity index (χ0n) is 8.33. The van der Waals surface area contributed by atoms with Gasteiger partial charge in [-0.3, -0.25) is 0 Å². The summed E-state index contributed by atoms with van der Waals surface area (Å²) in [6.07, 6.45) is 3.29. The lowest BCUT2D eigenvalue weighted by Gasteiger charge is -2.14. The number of halogens is 1. The normalized spacial score (nSPS) is 12.5. The standard InChI is InChI=1S/C9H14BrN3S/c1-3-14-5-7(2)13-9-8(10)4-11-6-12-9/h4,6-7H,3,5H2,1-2H3,(H,11,12,13). The summed E-state index contributed by atoms with van der Waals surface area (Å²) in [4.78, 5) is 8.06. The second-order valence-electron chi connectivity index (χ2n) is 2.92. The molecule has 78 valence electrons. The van der Waals surface area contributed by atoms with E-state index in [9.17, 15) is 0 Å². The number of hydrogen-bond acceptors (Lipinski definition) is 4. The third-order valence-corrected chi connectivity index (χ3v) is 3.35. The first-order valence-electron chi connectivity index (χ1n) is 4.53. The van der Waals surface area contributed by atoms with Crippen molar-refractivity contribution in [3.8, 4) is 0 Å². The maximum atomic E-state index is 4.15. The van der Waals surface area contributed by atoms with Crippen LogP contribution in [0.4, 0.5) is 5.82 Å². The van der Waals surface area contributed by atoms with Crippen LogP contribution in [0.15, 0.2) is 17.0 Å². The van der Waals surface area contributed by atoms with Gasteiger partial charge in [-0.2, -0.15) is 11.8 Å². The Kier molecular flexibility index (Phi) is 5.25. The third-order valence-electron chi connectivity index (χ3n) is 1.62. The van der Waals surface area contributed by atoms with E-state index in [1.54, 1.807) is 12.5 Å². The van der Waals surface area contributed by atoms with Gasteiger partial charge in [0.2, 0.25) is 0 Å². The Labute approximate surface area is 97.2 Å². The highest BCUT2D eigenvalue weighted by Gasteiger charge is 2.05. The molecule has 0 aliphatic carbocycles. The quantitative estimate of drug-likeness (QED) is 0.897. The van der Waals surface area contributed by atoms with Crippen LogP contribution >= 0.6 is 27.7 Å². The molecule has 0 bridgehead atoms. The van der Waals surface area contributed by atoms with Gasteiger partial charge < -0.3 is 5.32 Å². The van der Waals surface area contributed by atoms with Gasteiger partial charge in [0.25, 0.3) is 0 Å². The minimum atomic E-state index is 0.422. The molecule has 0 aromatic carbocycles. The van der Waals surface area contributed by atoms with E-state index in [2.05, 4.69) is 45.1 Å². The lowest BCUT2D eigenvalue weighted by molar-refractivity contribution is 0.896. The van der Waals surface area contributed by atoms with Crippen LogP contribution < -0.4 is 5.32 Å². The Bertz CT molecular complexity index is 283. The van der Waals surface area contributed by atoms with Crippen LogP contribution in [-0.2, 0) is 0 Å². The Morgan fingerprint density at radius 3 is 3.07 bits per heavy atom. The van der Waals surface area contributed by atoms with Crippen molar-refractivity contribution in [2.45, 2.75) is 19.9 Å². The molecule has 0 spiro atoms. The summed E-state index contributed by atoms with van der Waals surface area (Å²) in [5.74, 6) is 3.10. The van der Waals surface area contributed by atoms with Crippen LogP contribution in [0.3, 0.4) is 0 Å². The second kappa shape index (κ2) is 6.24. The zero-order valence-corrected chi connectivity index (χ0v) is 10.7. The van der Waals surface area contributed by atoms with E-state index in [0.29, 0.717) is 6.04 Å². The Morgan fingerprint density at radius 1 is 1.64 bits per heavy atom. The van der Waals surface area contributed by atoms with Crippen molar-refractivity contribution in [3.63, 3.8) is 0 Å². The number of anilines is 1. The molecule has 0 saturated carbocycles. The summed E-state index contributed by atoms with van der Waals surface area (Å²) in [5, 5.41) is 3.33. The van der Waals surface area contributed by atoms with Crippen molar-refractivity contribution in [2.24, 2.45) is 0 Å². The van der Waals surface area contributed by atoms with Gasteiger partial charge in [-0.05, 0) is 28.6 Å². The van der Waals surface area contributed by atoms with Crippen LogP contribution in [0.2, 0.25) is 0 Å². The number of nitrogens with one attached hydrogen (secondary N) is 1. The first-order valence-corrected chi connectivity index (χ1v) is 6.48. The zero-order chi connectivity index (χ0) is 10.4. The molecule has 0 amide bonds. The molecular formula is C9H14BrN3S. The molecule has 0 fully saturated rings. The molecule has 0 radical (unpaired) electrons. The molecule has 1 aromatic rings. The summed E-state index contributed by atoms with van der Waals surface area (Å²) in [7, 11) is 0. The maximum absolute atomic E-state index is 4.15. The van der Waals surface area contributed by atoms with Gasteiger partial charge in [-0.1, -0.05) is 6.92 Å². The third kappa shape index (κ3) is 3.84. The van der Waals surface area contributed by atoms with Gasteiger partial charge in [0.05, 0.1) is 4.47 Å². The van der Waals surface area contributed by atoms with Crippen molar-refractivity contribution in [2.75, 3.05) is 16.8 Å². The van der Waals surface area contributed by atoms with E-state index < -0.39 is 0 Å². The number of thioether (sulfide) groups is 1. The van der Waals surface area contributed by atoms with E-state index in [0.717, 1.165) is 21.8 Å². The molecule has 5 heteroatoms. The van der Waals surface area contributed by atoms with Gasteiger partial charge in [0.15, 0.2) is 0 Å². The van der Waals surface area contributed by atoms with Crippen molar-refractivity contribution < 1.29 is 0 Å². The molecule has 1 atom stereocenters. The minimum absolute atomic E-state index is 0.422. The van der Waals surface area contributed by atoms with E-state index in [4.69, 9.17) is 0 Å². The predicted octanol–water partition coefficient (Wildman–Crippen LogP) is 2.79. The second-order valence-corrected chi connectivity index (χ2v) is 5.10. The van der Waals surface area contributed by atoms with Gasteiger partial charge in [0, 0.05) is 18.0 Å². The molecule has 0 aliphatic heterocycles. The van der Waals surface area contributed by atoms with Crippen LogP contribution in [0, 0.1) is 0 Å². The Morgan fingerprint density at radius 2 is 2.43 bits per heavy atom. The molecule has 14 heavy (non-hydrogen) atoms.